The molecule has 1 heterocycles. The number of fused-ring (bicyclic) bond motifs is 2. The van der Waals surface area contributed by atoms with Crippen LogP contribution in [0, 0.1) is 30.6 Å². The second-order valence-electron chi connectivity index (χ2n) is 5.61. The van der Waals surface area contributed by atoms with Gasteiger partial charge in [0, 0.05) is 19.9 Å². The molecule has 3 rings (SSSR count). The molecule has 0 saturated heterocycles. The Morgan fingerprint density at radius 1 is 1.38 bits per heavy atom. The first-order valence-electron chi connectivity index (χ1n) is 7.04. The zero-order valence-corrected chi connectivity index (χ0v) is 11.7. The summed E-state index contributed by atoms with van der Waals surface area (Å²) in [7, 11) is 0. The van der Waals surface area contributed by atoms with Crippen molar-refractivity contribution in [2.45, 2.75) is 19.8 Å². The third-order valence-electron chi connectivity index (χ3n) is 4.26. The van der Waals surface area contributed by atoms with E-state index in [0.29, 0.717) is 24.7 Å². The van der Waals surface area contributed by atoms with Gasteiger partial charge in [0.05, 0.1) is 11.8 Å². The number of hydrogen-bond acceptors (Lipinski definition) is 5. The highest BCUT2D eigenvalue weighted by atomic mass is 16.5. The molecule has 112 valence electrons. The number of carbonyl (C=O) groups excluding carboxylic acids is 1. The van der Waals surface area contributed by atoms with Crippen LogP contribution in [0.5, 0.6) is 0 Å². The van der Waals surface area contributed by atoms with Gasteiger partial charge in [0.2, 0.25) is 11.8 Å². The summed E-state index contributed by atoms with van der Waals surface area (Å²) in [6.45, 7) is 2.08. The number of aryl methyl sites for hydroxylation is 1. The van der Waals surface area contributed by atoms with Gasteiger partial charge in [0.1, 0.15) is 0 Å². The van der Waals surface area contributed by atoms with E-state index in [1.807, 2.05) is 12.2 Å². The van der Waals surface area contributed by atoms with E-state index in [1.54, 1.807) is 6.92 Å². The van der Waals surface area contributed by atoms with Gasteiger partial charge in [-0.3, -0.25) is 9.59 Å². The number of nitrogens with zero attached hydrogens (tertiary/aromatic N) is 2. The summed E-state index contributed by atoms with van der Waals surface area (Å²) in [4.78, 5) is 27.7. The zero-order valence-electron chi connectivity index (χ0n) is 11.7. The van der Waals surface area contributed by atoms with Crippen molar-refractivity contribution in [3.8, 4) is 0 Å². The number of amides is 1. The smallest absolute Gasteiger partial charge is 0.307 e. The molecule has 2 aliphatic carbocycles. The third kappa shape index (κ3) is 2.55. The summed E-state index contributed by atoms with van der Waals surface area (Å²) in [5, 5.41) is 15.9. The fourth-order valence-electron chi connectivity index (χ4n) is 3.37. The molecule has 1 amide bonds. The monoisotopic (exact) mass is 291 g/mol. The van der Waals surface area contributed by atoms with E-state index in [9.17, 15) is 14.7 Å². The lowest BCUT2D eigenvalue weighted by molar-refractivity contribution is -0.147. The van der Waals surface area contributed by atoms with Crippen molar-refractivity contribution in [1.82, 2.24) is 15.5 Å². The molecule has 1 aromatic heterocycles. The molecule has 21 heavy (non-hydrogen) atoms. The summed E-state index contributed by atoms with van der Waals surface area (Å²) in [5.41, 5.74) is 0. The standard InChI is InChI=1S/C14H17N3O4/c1-7-16-10(17-21-7)4-5-15-13(18)11-8-2-3-9(6-8)12(11)14(19)20/h2-3,8-9,11-12H,4-6H2,1H3,(H,15,18)(H,19,20). The van der Waals surface area contributed by atoms with Gasteiger partial charge in [-0.2, -0.15) is 4.98 Å². The Labute approximate surface area is 121 Å². The molecule has 0 aromatic carbocycles. The van der Waals surface area contributed by atoms with Crippen LogP contribution in [0.3, 0.4) is 0 Å². The van der Waals surface area contributed by atoms with Gasteiger partial charge in [0.15, 0.2) is 5.82 Å². The number of rotatable bonds is 5. The van der Waals surface area contributed by atoms with E-state index in [2.05, 4.69) is 15.5 Å². The van der Waals surface area contributed by atoms with Gasteiger partial charge >= 0.3 is 5.97 Å². The maximum absolute atomic E-state index is 12.3. The Morgan fingerprint density at radius 2 is 2.10 bits per heavy atom. The molecule has 2 aliphatic rings. The van der Waals surface area contributed by atoms with E-state index < -0.39 is 17.8 Å². The van der Waals surface area contributed by atoms with Crippen molar-refractivity contribution in [2.75, 3.05) is 6.54 Å². The van der Waals surface area contributed by atoms with E-state index in [4.69, 9.17) is 4.52 Å². The van der Waals surface area contributed by atoms with Gasteiger partial charge in [-0.05, 0) is 18.3 Å². The molecule has 1 saturated carbocycles. The predicted octanol–water partition coefficient (Wildman–Crippen LogP) is 0.560. The number of hydrogen-bond donors (Lipinski definition) is 2. The molecular weight excluding hydrogens is 274 g/mol. The van der Waals surface area contributed by atoms with Crippen LogP contribution >= 0.6 is 0 Å². The van der Waals surface area contributed by atoms with Crippen LogP contribution in [-0.2, 0) is 16.0 Å². The van der Waals surface area contributed by atoms with Gasteiger partial charge in [-0.15, -0.1) is 0 Å². The average Bonchev–Trinajstić information content (AvgIpc) is 3.13. The van der Waals surface area contributed by atoms with E-state index in [-0.39, 0.29) is 17.7 Å². The first-order chi connectivity index (χ1) is 10.1. The van der Waals surface area contributed by atoms with Crippen molar-refractivity contribution < 1.29 is 19.2 Å². The molecule has 1 fully saturated rings. The minimum absolute atomic E-state index is 0.0110. The van der Waals surface area contributed by atoms with Gasteiger partial charge < -0.3 is 14.9 Å². The normalized spacial score (nSPS) is 29.8. The van der Waals surface area contributed by atoms with E-state index in [1.165, 1.54) is 0 Å². The van der Waals surface area contributed by atoms with Crippen LogP contribution in [0.4, 0.5) is 0 Å². The average molecular weight is 291 g/mol. The summed E-state index contributed by atoms with van der Waals surface area (Å²) in [5.74, 6) is -1.10. The van der Waals surface area contributed by atoms with Crippen LogP contribution in [0.15, 0.2) is 16.7 Å². The number of nitrogens with one attached hydrogen (secondary N) is 1. The number of aromatic nitrogens is 2. The summed E-state index contributed by atoms with van der Waals surface area (Å²) in [6, 6.07) is 0. The van der Waals surface area contributed by atoms with Crippen LogP contribution in [0.1, 0.15) is 18.1 Å². The van der Waals surface area contributed by atoms with Crippen molar-refractivity contribution in [3.63, 3.8) is 0 Å². The molecule has 2 N–H and O–H groups in total. The summed E-state index contributed by atoms with van der Waals surface area (Å²) < 4.78 is 4.85. The highest BCUT2D eigenvalue weighted by Gasteiger charge is 2.51. The van der Waals surface area contributed by atoms with Crippen LogP contribution in [0.25, 0.3) is 0 Å². The SMILES string of the molecule is Cc1nc(CCNC(=O)C2C3C=CC(C3)C2C(=O)O)no1. The van der Waals surface area contributed by atoms with Gasteiger partial charge in [-0.1, -0.05) is 17.3 Å². The minimum Gasteiger partial charge on any atom is -0.481 e. The van der Waals surface area contributed by atoms with Crippen LogP contribution in [0.2, 0.25) is 0 Å². The second-order valence-corrected chi connectivity index (χ2v) is 5.61. The molecule has 4 unspecified atom stereocenters. The van der Waals surface area contributed by atoms with Crippen molar-refractivity contribution in [3.05, 3.63) is 23.9 Å². The van der Waals surface area contributed by atoms with Gasteiger partial charge in [-0.25, -0.2) is 0 Å². The lowest BCUT2D eigenvalue weighted by Crippen LogP contribution is -2.40. The maximum atomic E-state index is 12.3. The molecule has 0 spiro atoms. The second kappa shape index (κ2) is 5.31. The molecule has 4 atom stereocenters. The van der Waals surface area contributed by atoms with E-state index in [0.717, 1.165) is 6.42 Å². The Hall–Kier alpha value is -2.18. The summed E-state index contributed by atoms with van der Waals surface area (Å²) >= 11 is 0. The Balaban J connectivity index is 1.57. The van der Waals surface area contributed by atoms with Crippen molar-refractivity contribution in [2.24, 2.45) is 23.7 Å². The number of carboxylic acids is 1. The number of carboxylic acid groups (broad SMARTS) is 1. The van der Waals surface area contributed by atoms with Crippen LogP contribution in [-0.4, -0.2) is 33.7 Å². The quantitative estimate of drug-likeness (QED) is 0.768. The fourth-order valence-corrected chi connectivity index (χ4v) is 3.37. The Morgan fingerprint density at radius 3 is 2.71 bits per heavy atom. The Bertz CT molecular complexity index is 595. The molecule has 1 aromatic rings. The highest BCUT2D eigenvalue weighted by molar-refractivity contribution is 5.86. The predicted molar refractivity (Wildman–Crippen MR) is 71.1 cm³/mol. The first kappa shape index (κ1) is 13.8. The zero-order chi connectivity index (χ0) is 15.0. The third-order valence-corrected chi connectivity index (χ3v) is 4.26. The summed E-state index contributed by atoms with van der Waals surface area (Å²) in [6.07, 6.45) is 5.13. The molecular formula is C14H17N3O4. The molecule has 0 aliphatic heterocycles. The number of aliphatic carboxylic acids is 1. The Kier molecular flexibility index (Phi) is 3.48. The molecule has 7 nitrogen and oxygen atoms in total. The van der Waals surface area contributed by atoms with Crippen LogP contribution < -0.4 is 5.32 Å². The largest absolute Gasteiger partial charge is 0.481 e. The minimum atomic E-state index is -0.888. The fraction of sp³-hybridized carbons (Fsp3) is 0.571. The lowest BCUT2D eigenvalue weighted by Gasteiger charge is -2.23. The molecule has 0 radical (unpaired) electrons. The molecule has 2 bridgehead atoms. The maximum Gasteiger partial charge on any atom is 0.307 e. The lowest BCUT2D eigenvalue weighted by atomic mass is 9.82. The number of carbonyl (C=O) groups is 2. The van der Waals surface area contributed by atoms with Crippen molar-refractivity contribution >= 4 is 11.9 Å². The number of allylic oxidation sites excluding steroid dienone is 2. The van der Waals surface area contributed by atoms with Gasteiger partial charge in [0.25, 0.3) is 0 Å². The molecule has 7 heteroatoms. The van der Waals surface area contributed by atoms with E-state index >= 15 is 0 Å². The first-order valence-corrected chi connectivity index (χ1v) is 7.04. The van der Waals surface area contributed by atoms with Crippen molar-refractivity contribution in [1.29, 1.82) is 0 Å². The topological polar surface area (TPSA) is 105 Å². The highest BCUT2D eigenvalue weighted by Crippen LogP contribution is 2.48.